The topological polar surface area (TPSA) is 98.1 Å². The van der Waals surface area contributed by atoms with E-state index in [9.17, 15) is 9.59 Å². The van der Waals surface area contributed by atoms with Gasteiger partial charge in [-0.2, -0.15) is 0 Å². The minimum absolute atomic E-state index is 0.0789. The number of benzene rings is 3. The molecule has 10 heteroatoms. The highest BCUT2D eigenvalue weighted by molar-refractivity contribution is 7.14. The molecule has 2 bridgehead atoms. The van der Waals surface area contributed by atoms with Gasteiger partial charge in [0.25, 0.3) is 5.91 Å². The molecular formula is C33H28ClN5O3S. The number of thiazole rings is 1. The van der Waals surface area contributed by atoms with Crippen LogP contribution in [-0.2, 0) is 10.2 Å². The van der Waals surface area contributed by atoms with Crippen LogP contribution >= 0.6 is 22.9 Å². The fraction of sp³-hybridized carbons (Fsp3) is 0.212. The Kier molecular flexibility index (Phi) is 6.41. The Balaban J connectivity index is 1.11. The Morgan fingerprint density at radius 3 is 2.72 bits per heavy atom. The first-order valence-corrected chi connectivity index (χ1v) is 15.1. The maximum Gasteiger partial charge on any atom is 0.255 e. The van der Waals surface area contributed by atoms with Gasteiger partial charge >= 0.3 is 0 Å². The van der Waals surface area contributed by atoms with E-state index in [0.717, 1.165) is 17.0 Å². The molecule has 0 fully saturated rings. The van der Waals surface area contributed by atoms with Gasteiger partial charge in [-0.05, 0) is 61.7 Å². The van der Waals surface area contributed by atoms with Crippen molar-refractivity contribution in [1.82, 2.24) is 14.5 Å². The second kappa shape index (κ2) is 10.1. The summed E-state index contributed by atoms with van der Waals surface area (Å²) in [5.74, 6) is 1.17. The van der Waals surface area contributed by atoms with E-state index >= 15 is 0 Å². The number of amides is 2. The van der Waals surface area contributed by atoms with E-state index in [-0.39, 0.29) is 23.3 Å². The monoisotopic (exact) mass is 609 g/mol. The van der Waals surface area contributed by atoms with Crippen LogP contribution in [0, 0.1) is 5.41 Å². The third kappa shape index (κ3) is 4.34. The van der Waals surface area contributed by atoms with Crippen LogP contribution in [0.4, 0.5) is 10.8 Å². The molecule has 2 amide bonds. The highest BCUT2D eigenvalue weighted by atomic mass is 35.5. The van der Waals surface area contributed by atoms with Crippen LogP contribution in [-0.4, -0.2) is 33.5 Å². The van der Waals surface area contributed by atoms with Crippen molar-refractivity contribution < 1.29 is 14.3 Å². The van der Waals surface area contributed by atoms with E-state index in [1.165, 1.54) is 24.0 Å². The number of methoxy groups -OCH3 is 1. The number of hydrogen-bond acceptors (Lipinski definition) is 6. The van der Waals surface area contributed by atoms with Crippen molar-refractivity contribution in [2.24, 2.45) is 5.41 Å². The van der Waals surface area contributed by atoms with Gasteiger partial charge in [0.2, 0.25) is 5.91 Å². The number of hydrogen-bond donors (Lipinski definition) is 2. The lowest BCUT2D eigenvalue weighted by molar-refractivity contribution is -0.129. The van der Waals surface area contributed by atoms with E-state index in [1.807, 2.05) is 42.9 Å². The SMILES string of the molecule is COc1ccc(NC(=O)c2cccc(-c3csc(NC(=O)C4(C)CC5(C)c6ccccc6C4n4ccnc45)n3)c2)cc1Cl. The van der Waals surface area contributed by atoms with Crippen LogP contribution in [0.5, 0.6) is 5.75 Å². The molecule has 3 atom stereocenters. The lowest BCUT2D eigenvalue weighted by atomic mass is 9.55. The summed E-state index contributed by atoms with van der Waals surface area (Å²) >= 11 is 7.57. The summed E-state index contributed by atoms with van der Waals surface area (Å²) in [4.78, 5) is 36.5. The number of carbonyl (C=O) groups excluding carboxylic acids is 2. The number of nitrogens with zero attached hydrogens (tertiary/aromatic N) is 3. The smallest absolute Gasteiger partial charge is 0.255 e. The summed E-state index contributed by atoms with van der Waals surface area (Å²) in [6.07, 6.45) is 4.44. The highest BCUT2D eigenvalue weighted by Crippen LogP contribution is 2.60. The predicted octanol–water partition coefficient (Wildman–Crippen LogP) is 7.18. The zero-order valence-corrected chi connectivity index (χ0v) is 25.3. The molecule has 3 unspecified atom stereocenters. The highest BCUT2D eigenvalue weighted by Gasteiger charge is 2.59. The van der Waals surface area contributed by atoms with Crippen molar-refractivity contribution >= 4 is 45.6 Å². The second-order valence-corrected chi connectivity index (χ2v) is 12.7. The van der Waals surface area contributed by atoms with Crippen molar-refractivity contribution in [2.45, 2.75) is 31.7 Å². The van der Waals surface area contributed by atoms with Gasteiger partial charge in [-0.15, -0.1) is 11.3 Å². The molecule has 0 saturated heterocycles. The molecule has 8 nitrogen and oxygen atoms in total. The summed E-state index contributed by atoms with van der Waals surface area (Å²) < 4.78 is 7.34. The molecule has 5 aromatic rings. The number of fused-ring (bicyclic) bond motifs is 1. The van der Waals surface area contributed by atoms with Crippen molar-refractivity contribution in [3.63, 3.8) is 0 Å². The normalized spacial score (nSPS) is 21.5. The van der Waals surface area contributed by atoms with E-state index < -0.39 is 5.41 Å². The van der Waals surface area contributed by atoms with Gasteiger partial charge in [-0.1, -0.05) is 48.0 Å². The summed E-state index contributed by atoms with van der Waals surface area (Å²) in [6, 6.07) is 20.5. The average Bonchev–Trinajstić information content (AvgIpc) is 3.69. The third-order valence-electron chi connectivity index (χ3n) is 8.69. The fourth-order valence-electron chi connectivity index (χ4n) is 6.79. The quantitative estimate of drug-likeness (QED) is 0.212. The average molecular weight is 610 g/mol. The maximum atomic E-state index is 14.0. The summed E-state index contributed by atoms with van der Waals surface area (Å²) in [6.45, 7) is 4.22. The number of nitrogens with one attached hydrogen (secondary N) is 2. The van der Waals surface area contributed by atoms with E-state index in [0.29, 0.717) is 39.3 Å². The number of ether oxygens (including phenoxy) is 1. The number of aromatic nitrogens is 3. The Bertz CT molecular complexity index is 1920. The molecule has 3 aliphatic rings. The molecule has 2 N–H and O–H groups in total. The van der Waals surface area contributed by atoms with Crippen molar-refractivity contribution in [2.75, 3.05) is 17.7 Å². The number of imidazole rings is 1. The molecule has 3 aromatic carbocycles. The van der Waals surface area contributed by atoms with Gasteiger partial charge in [0.1, 0.15) is 11.6 Å². The van der Waals surface area contributed by atoms with Gasteiger partial charge in [0, 0.05) is 34.6 Å². The molecule has 2 aromatic heterocycles. The van der Waals surface area contributed by atoms with E-state index in [2.05, 4.69) is 40.3 Å². The van der Waals surface area contributed by atoms with Gasteiger partial charge in [0.15, 0.2) is 5.13 Å². The van der Waals surface area contributed by atoms with Crippen molar-refractivity contribution in [3.05, 3.63) is 112 Å². The number of carbonyl (C=O) groups is 2. The molecule has 216 valence electrons. The van der Waals surface area contributed by atoms with Crippen LogP contribution < -0.4 is 15.4 Å². The molecule has 0 saturated carbocycles. The van der Waals surface area contributed by atoms with E-state index in [4.69, 9.17) is 26.3 Å². The Labute approximate surface area is 257 Å². The molecule has 0 radical (unpaired) electrons. The summed E-state index contributed by atoms with van der Waals surface area (Å²) in [5.41, 5.74) is 3.76. The molecule has 8 rings (SSSR count). The summed E-state index contributed by atoms with van der Waals surface area (Å²) in [5, 5.41) is 8.79. The standard InChI is InChI=1S/C33H28ClN5O3S/c1-32-18-33(2,27(39-14-13-35-29(32)39)22-9-4-5-10-23(22)32)30(41)38-31-37-25(17-43-31)19-7-6-8-20(15-19)28(40)36-21-11-12-26(42-3)24(34)16-21/h4-17,27H,18H2,1-3H3,(H,36,40)(H,37,38,41). The van der Waals surface area contributed by atoms with Crippen LogP contribution in [0.1, 0.15) is 53.6 Å². The van der Waals surface area contributed by atoms with Crippen LogP contribution in [0.15, 0.2) is 84.5 Å². The van der Waals surface area contributed by atoms with Crippen LogP contribution in [0.2, 0.25) is 5.02 Å². The number of rotatable bonds is 6. The molecular weight excluding hydrogens is 582 g/mol. The fourth-order valence-corrected chi connectivity index (χ4v) is 7.76. The van der Waals surface area contributed by atoms with Gasteiger partial charge < -0.3 is 19.9 Å². The third-order valence-corrected chi connectivity index (χ3v) is 9.74. The first kappa shape index (κ1) is 27.4. The molecule has 2 aliphatic heterocycles. The Morgan fingerprint density at radius 2 is 1.91 bits per heavy atom. The molecule has 0 spiro atoms. The minimum atomic E-state index is -0.717. The zero-order chi connectivity index (χ0) is 29.9. The zero-order valence-electron chi connectivity index (χ0n) is 23.7. The van der Waals surface area contributed by atoms with Crippen LogP contribution in [0.3, 0.4) is 0 Å². The maximum absolute atomic E-state index is 14.0. The summed E-state index contributed by atoms with van der Waals surface area (Å²) in [7, 11) is 1.54. The first-order chi connectivity index (χ1) is 20.7. The number of anilines is 2. The lowest BCUT2D eigenvalue weighted by Crippen LogP contribution is -2.55. The van der Waals surface area contributed by atoms with Crippen molar-refractivity contribution in [3.8, 4) is 17.0 Å². The first-order valence-electron chi connectivity index (χ1n) is 13.9. The lowest BCUT2D eigenvalue weighted by Gasteiger charge is -2.54. The Morgan fingerprint density at radius 1 is 1.07 bits per heavy atom. The molecule has 43 heavy (non-hydrogen) atoms. The van der Waals surface area contributed by atoms with Gasteiger partial charge in [-0.25, -0.2) is 9.97 Å². The molecule has 1 aliphatic carbocycles. The van der Waals surface area contributed by atoms with Crippen molar-refractivity contribution in [1.29, 1.82) is 0 Å². The second-order valence-electron chi connectivity index (χ2n) is 11.5. The van der Waals surface area contributed by atoms with Gasteiger partial charge in [0.05, 0.1) is 34.7 Å². The minimum Gasteiger partial charge on any atom is -0.495 e. The number of halogens is 1. The Hall–Kier alpha value is -4.47. The van der Waals surface area contributed by atoms with Gasteiger partial charge in [-0.3, -0.25) is 9.59 Å². The van der Waals surface area contributed by atoms with E-state index in [1.54, 1.807) is 30.3 Å². The van der Waals surface area contributed by atoms with Crippen LogP contribution in [0.25, 0.3) is 11.3 Å². The predicted molar refractivity (Wildman–Crippen MR) is 168 cm³/mol. The largest absolute Gasteiger partial charge is 0.495 e. The molecule has 4 heterocycles.